The van der Waals surface area contributed by atoms with E-state index in [0.29, 0.717) is 44.0 Å². The lowest BCUT2D eigenvalue weighted by molar-refractivity contribution is -0.0540. The Morgan fingerprint density at radius 1 is 1.50 bits per heavy atom. The van der Waals surface area contributed by atoms with Crippen molar-refractivity contribution in [2.75, 3.05) is 46.5 Å². The van der Waals surface area contributed by atoms with Crippen LogP contribution in [0, 0.1) is 5.92 Å². The van der Waals surface area contributed by atoms with Gasteiger partial charge in [-0.25, -0.2) is 0 Å². The van der Waals surface area contributed by atoms with Gasteiger partial charge in [0, 0.05) is 19.1 Å². The third-order valence-electron chi connectivity index (χ3n) is 5.08. The molecule has 2 atom stereocenters. The monoisotopic (exact) mass is 336 g/mol. The van der Waals surface area contributed by atoms with E-state index >= 15 is 0 Å². The minimum atomic E-state index is -0.388. The van der Waals surface area contributed by atoms with Crippen LogP contribution in [0.1, 0.15) is 30.8 Å². The van der Waals surface area contributed by atoms with Crippen LogP contribution in [0.2, 0.25) is 0 Å². The van der Waals surface area contributed by atoms with Crippen molar-refractivity contribution in [1.29, 1.82) is 0 Å². The van der Waals surface area contributed by atoms with Gasteiger partial charge in [0.05, 0.1) is 32.6 Å². The first-order chi connectivity index (χ1) is 11.5. The molecule has 2 aliphatic rings. The largest absolute Gasteiger partial charge is 0.459 e. The second-order valence-corrected chi connectivity index (χ2v) is 7.35. The molecule has 1 amide bonds. The molecule has 0 bridgehead atoms. The van der Waals surface area contributed by atoms with Gasteiger partial charge in [0.1, 0.15) is 5.60 Å². The van der Waals surface area contributed by atoms with E-state index in [1.807, 2.05) is 0 Å². The van der Waals surface area contributed by atoms with Crippen molar-refractivity contribution in [3.05, 3.63) is 24.2 Å². The molecule has 134 valence electrons. The lowest BCUT2D eigenvalue weighted by Gasteiger charge is -2.31. The van der Waals surface area contributed by atoms with Gasteiger partial charge in [0.15, 0.2) is 5.76 Å². The second-order valence-electron chi connectivity index (χ2n) is 7.35. The maximum atomic E-state index is 12.6. The molecule has 0 aliphatic carbocycles. The molecular formula is C18H28N2O4. The Kier molecular flexibility index (Phi) is 5.27. The van der Waals surface area contributed by atoms with E-state index in [1.54, 1.807) is 17.0 Å². The number of nitrogens with zero attached hydrogens (tertiary/aromatic N) is 2. The van der Waals surface area contributed by atoms with Gasteiger partial charge in [-0.2, -0.15) is 0 Å². The van der Waals surface area contributed by atoms with Crippen molar-refractivity contribution < 1.29 is 18.7 Å². The minimum Gasteiger partial charge on any atom is -0.459 e. The van der Waals surface area contributed by atoms with Crippen LogP contribution in [0.25, 0.3) is 0 Å². The maximum absolute atomic E-state index is 12.6. The number of ether oxygens (including phenoxy) is 2. The number of carbonyl (C=O) groups excluding carboxylic acids is 1. The van der Waals surface area contributed by atoms with Crippen molar-refractivity contribution in [1.82, 2.24) is 9.80 Å². The van der Waals surface area contributed by atoms with Crippen molar-refractivity contribution >= 4 is 5.91 Å². The summed E-state index contributed by atoms with van der Waals surface area (Å²) < 4.78 is 17.2. The summed E-state index contributed by atoms with van der Waals surface area (Å²) >= 11 is 0. The maximum Gasteiger partial charge on any atom is 0.289 e. The summed E-state index contributed by atoms with van der Waals surface area (Å²) in [6.45, 7) is 8.35. The van der Waals surface area contributed by atoms with Gasteiger partial charge in [-0.3, -0.25) is 4.79 Å². The second kappa shape index (κ2) is 7.25. The van der Waals surface area contributed by atoms with Gasteiger partial charge in [-0.1, -0.05) is 0 Å². The highest BCUT2D eigenvalue weighted by atomic mass is 16.5. The Hall–Kier alpha value is -1.37. The topological polar surface area (TPSA) is 55.2 Å². The van der Waals surface area contributed by atoms with Gasteiger partial charge in [-0.15, -0.1) is 0 Å². The summed E-state index contributed by atoms with van der Waals surface area (Å²) in [5, 5.41) is 0. The summed E-state index contributed by atoms with van der Waals surface area (Å²) in [5.74, 6) is 0.761. The first-order valence-corrected chi connectivity index (χ1v) is 8.74. The van der Waals surface area contributed by atoms with E-state index in [0.717, 1.165) is 19.6 Å². The molecule has 1 spiro atoms. The molecule has 3 heterocycles. The molecule has 2 fully saturated rings. The van der Waals surface area contributed by atoms with Crippen LogP contribution in [0.5, 0.6) is 0 Å². The Bertz CT molecular complexity index is 545. The molecule has 1 aromatic rings. The third kappa shape index (κ3) is 3.82. The molecule has 6 nitrogen and oxygen atoms in total. The van der Waals surface area contributed by atoms with E-state index in [1.165, 1.54) is 6.26 Å². The van der Waals surface area contributed by atoms with Gasteiger partial charge < -0.3 is 23.7 Å². The van der Waals surface area contributed by atoms with Crippen LogP contribution in [-0.2, 0) is 9.47 Å². The van der Waals surface area contributed by atoms with Crippen LogP contribution in [-0.4, -0.2) is 73.9 Å². The first kappa shape index (κ1) is 17.5. The molecule has 0 saturated carbocycles. The Morgan fingerprint density at radius 3 is 3.04 bits per heavy atom. The Morgan fingerprint density at radius 2 is 2.33 bits per heavy atom. The standard InChI is InChI=1S/C18H28N2O4/c1-14(2)19(3)10-15-9-18(24-11-15)12-20(6-8-22-13-18)17(21)16-5-4-7-23-16/h4-5,7,14-15H,6,8-13H2,1-3H3/t15-,18+/m1/s1. The number of hydrogen-bond acceptors (Lipinski definition) is 5. The Labute approximate surface area is 143 Å². The third-order valence-corrected chi connectivity index (χ3v) is 5.08. The van der Waals surface area contributed by atoms with Crippen molar-refractivity contribution in [3.63, 3.8) is 0 Å². The molecule has 0 radical (unpaired) electrons. The number of hydrogen-bond donors (Lipinski definition) is 0. The van der Waals surface area contributed by atoms with Crippen LogP contribution in [0.15, 0.2) is 22.8 Å². The van der Waals surface area contributed by atoms with E-state index in [4.69, 9.17) is 13.9 Å². The Balaban J connectivity index is 1.65. The molecule has 24 heavy (non-hydrogen) atoms. The molecule has 0 aromatic carbocycles. The van der Waals surface area contributed by atoms with E-state index < -0.39 is 0 Å². The van der Waals surface area contributed by atoms with Crippen LogP contribution in [0.3, 0.4) is 0 Å². The molecule has 1 aromatic heterocycles. The normalized spacial score (nSPS) is 28.0. The summed E-state index contributed by atoms with van der Waals surface area (Å²) in [6.07, 6.45) is 2.45. The highest BCUT2D eigenvalue weighted by Gasteiger charge is 2.44. The average molecular weight is 336 g/mol. The lowest BCUT2D eigenvalue weighted by atomic mass is 9.93. The SMILES string of the molecule is CC(C)N(C)C[C@@H]1CO[C@@]2(COCCN(C(=O)c3ccco3)C2)C1. The fourth-order valence-corrected chi connectivity index (χ4v) is 3.52. The molecule has 0 N–H and O–H groups in total. The molecule has 2 saturated heterocycles. The summed E-state index contributed by atoms with van der Waals surface area (Å²) in [7, 11) is 2.14. The van der Waals surface area contributed by atoms with Gasteiger partial charge in [0.2, 0.25) is 0 Å². The molecule has 6 heteroatoms. The predicted molar refractivity (Wildman–Crippen MR) is 90.0 cm³/mol. The summed E-state index contributed by atoms with van der Waals surface area (Å²) in [4.78, 5) is 16.8. The zero-order chi connectivity index (χ0) is 17.2. The van der Waals surface area contributed by atoms with Crippen molar-refractivity contribution in [3.8, 4) is 0 Å². The van der Waals surface area contributed by atoms with Gasteiger partial charge in [0.25, 0.3) is 5.91 Å². The number of furan rings is 1. The fraction of sp³-hybridized carbons (Fsp3) is 0.722. The minimum absolute atomic E-state index is 0.0868. The number of amides is 1. The predicted octanol–water partition coefficient (Wildman–Crippen LogP) is 1.87. The highest BCUT2D eigenvalue weighted by molar-refractivity contribution is 5.91. The summed E-state index contributed by atoms with van der Waals surface area (Å²) in [6, 6.07) is 3.96. The van der Waals surface area contributed by atoms with Crippen LogP contribution >= 0.6 is 0 Å². The molecule has 2 aliphatic heterocycles. The highest BCUT2D eigenvalue weighted by Crippen LogP contribution is 2.33. The van der Waals surface area contributed by atoms with Crippen LogP contribution < -0.4 is 0 Å². The van der Waals surface area contributed by atoms with Gasteiger partial charge in [-0.05, 0) is 45.4 Å². The molecular weight excluding hydrogens is 308 g/mol. The summed E-state index contributed by atoms with van der Waals surface area (Å²) in [5.41, 5.74) is -0.388. The zero-order valence-corrected chi connectivity index (χ0v) is 14.9. The number of carbonyl (C=O) groups is 1. The van der Waals surface area contributed by atoms with Crippen LogP contribution in [0.4, 0.5) is 0 Å². The molecule has 0 unspecified atom stereocenters. The van der Waals surface area contributed by atoms with Crippen molar-refractivity contribution in [2.45, 2.75) is 31.9 Å². The number of rotatable bonds is 4. The average Bonchev–Trinajstić information content (AvgIpc) is 3.15. The molecule has 3 rings (SSSR count). The van der Waals surface area contributed by atoms with E-state index in [-0.39, 0.29) is 11.5 Å². The smallest absolute Gasteiger partial charge is 0.289 e. The van der Waals surface area contributed by atoms with Crippen molar-refractivity contribution in [2.24, 2.45) is 5.92 Å². The lowest BCUT2D eigenvalue weighted by Crippen LogP contribution is -2.46. The van der Waals surface area contributed by atoms with E-state index in [2.05, 4.69) is 25.8 Å². The first-order valence-electron chi connectivity index (χ1n) is 8.74. The van der Waals surface area contributed by atoms with E-state index in [9.17, 15) is 4.79 Å². The quantitative estimate of drug-likeness (QED) is 0.840. The zero-order valence-electron chi connectivity index (χ0n) is 14.9. The van der Waals surface area contributed by atoms with Gasteiger partial charge >= 0.3 is 0 Å². The fourth-order valence-electron chi connectivity index (χ4n) is 3.52.